The number of carbonyl (C=O) groups is 1. The van der Waals surface area contributed by atoms with E-state index in [1.165, 1.54) is 0 Å². The van der Waals surface area contributed by atoms with Crippen LogP contribution in [0.15, 0.2) is 0 Å². The number of nitrogens with one attached hydrogen (secondary N) is 2. The summed E-state index contributed by atoms with van der Waals surface area (Å²) in [5, 5.41) is 15.4. The van der Waals surface area contributed by atoms with Crippen molar-refractivity contribution >= 4 is 6.03 Å². The van der Waals surface area contributed by atoms with E-state index in [-0.39, 0.29) is 18.2 Å². The van der Waals surface area contributed by atoms with Gasteiger partial charge in [0.2, 0.25) is 0 Å². The van der Waals surface area contributed by atoms with Crippen molar-refractivity contribution in [1.29, 1.82) is 0 Å². The molecule has 0 bridgehead atoms. The van der Waals surface area contributed by atoms with Gasteiger partial charge >= 0.3 is 6.03 Å². The van der Waals surface area contributed by atoms with Crippen molar-refractivity contribution < 1.29 is 14.6 Å². The van der Waals surface area contributed by atoms with Gasteiger partial charge in [-0.2, -0.15) is 0 Å². The predicted octanol–water partition coefficient (Wildman–Crippen LogP) is 0.626. The number of amides is 2. The minimum Gasteiger partial charge on any atom is -0.393 e. The number of hydrogen-bond donors (Lipinski definition) is 3. The summed E-state index contributed by atoms with van der Waals surface area (Å²) in [6.07, 6.45) is 4.46. The molecular formula is C12H22N2O3. The van der Waals surface area contributed by atoms with Crippen LogP contribution >= 0.6 is 0 Å². The van der Waals surface area contributed by atoms with Gasteiger partial charge in [0.05, 0.1) is 6.10 Å². The molecule has 2 amide bonds. The van der Waals surface area contributed by atoms with Gasteiger partial charge in [0, 0.05) is 25.8 Å². The summed E-state index contributed by atoms with van der Waals surface area (Å²) in [5.41, 5.74) is 0. The van der Waals surface area contributed by atoms with Crippen molar-refractivity contribution in [1.82, 2.24) is 10.6 Å². The highest BCUT2D eigenvalue weighted by molar-refractivity contribution is 5.74. The smallest absolute Gasteiger partial charge is 0.315 e. The zero-order chi connectivity index (χ0) is 12.1. The van der Waals surface area contributed by atoms with Crippen LogP contribution < -0.4 is 10.6 Å². The van der Waals surface area contributed by atoms with E-state index in [9.17, 15) is 9.90 Å². The normalized spacial score (nSPS) is 23.1. The van der Waals surface area contributed by atoms with E-state index >= 15 is 0 Å². The summed E-state index contributed by atoms with van der Waals surface area (Å²) in [4.78, 5) is 11.5. The maximum atomic E-state index is 11.5. The molecule has 2 aliphatic rings. The SMILES string of the molecule is O=C(NCC[C@@H](O)C1CC1)NC1CCOCC1. The second kappa shape index (κ2) is 6.21. The molecule has 98 valence electrons. The van der Waals surface area contributed by atoms with E-state index in [4.69, 9.17) is 4.74 Å². The number of aliphatic hydroxyl groups is 1. The number of ether oxygens (including phenoxy) is 1. The van der Waals surface area contributed by atoms with Gasteiger partial charge in [0.15, 0.2) is 0 Å². The van der Waals surface area contributed by atoms with Crippen molar-refractivity contribution in [2.24, 2.45) is 5.92 Å². The molecule has 0 aromatic carbocycles. The highest BCUT2D eigenvalue weighted by Crippen LogP contribution is 2.33. The Morgan fingerprint density at radius 1 is 1.29 bits per heavy atom. The summed E-state index contributed by atoms with van der Waals surface area (Å²) >= 11 is 0. The lowest BCUT2D eigenvalue weighted by Gasteiger charge is -2.23. The molecular weight excluding hydrogens is 220 g/mol. The maximum absolute atomic E-state index is 11.5. The molecule has 3 N–H and O–H groups in total. The second-order valence-corrected chi connectivity index (χ2v) is 4.98. The van der Waals surface area contributed by atoms with Crippen LogP contribution in [0.2, 0.25) is 0 Å². The summed E-state index contributed by atoms with van der Waals surface area (Å²) in [6.45, 7) is 2.00. The molecule has 2 rings (SSSR count). The van der Waals surface area contributed by atoms with Crippen LogP contribution in [0.25, 0.3) is 0 Å². The van der Waals surface area contributed by atoms with Crippen LogP contribution in [0.1, 0.15) is 32.1 Å². The molecule has 5 nitrogen and oxygen atoms in total. The van der Waals surface area contributed by atoms with Gasteiger partial charge in [-0.15, -0.1) is 0 Å². The number of carbonyl (C=O) groups excluding carboxylic acids is 1. The fourth-order valence-electron chi connectivity index (χ4n) is 2.13. The van der Waals surface area contributed by atoms with Crippen LogP contribution in [0.5, 0.6) is 0 Å². The summed E-state index contributed by atoms with van der Waals surface area (Å²) in [7, 11) is 0. The minimum absolute atomic E-state index is 0.125. The van der Waals surface area contributed by atoms with E-state index in [1.54, 1.807) is 0 Å². The molecule has 1 heterocycles. The third-order valence-electron chi connectivity index (χ3n) is 3.45. The number of rotatable bonds is 5. The van der Waals surface area contributed by atoms with E-state index < -0.39 is 0 Å². The summed E-state index contributed by atoms with van der Waals surface area (Å²) in [5.74, 6) is 0.482. The molecule has 0 aromatic heterocycles. The third kappa shape index (κ3) is 4.52. The van der Waals surface area contributed by atoms with E-state index in [0.29, 0.717) is 18.9 Å². The zero-order valence-corrected chi connectivity index (χ0v) is 10.2. The van der Waals surface area contributed by atoms with Crippen molar-refractivity contribution in [3.63, 3.8) is 0 Å². The van der Waals surface area contributed by atoms with Crippen LogP contribution in [0.4, 0.5) is 4.79 Å². The lowest BCUT2D eigenvalue weighted by atomic mass is 10.1. The lowest BCUT2D eigenvalue weighted by molar-refractivity contribution is 0.0800. The predicted molar refractivity (Wildman–Crippen MR) is 63.7 cm³/mol. The fraction of sp³-hybridized carbons (Fsp3) is 0.917. The van der Waals surface area contributed by atoms with Crippen LogP contribution in [0, 0.1) is 5.92 Å². The van der Waals surface area contributed by atoms with Crippen molar-refractivity contribution in [3.05, 3.63) is 0 Å². The molecule has 5 heteroatoms. The van der Waals surface area contributed by atoms with Crippen molar-refractivity contribution in [3.8, 4) is 0 Å². The maximum Gasteiger partial charge on any atom is 0.315 e. The molecule has 0 radical (unpaired) electrons. The highest BCUT2D eigenvalue weighted by Gasteiger charge is 2.29. The Hall–Kier alpha value is -0.810. The molecule has 1 saturated heterocycles. The number of hydrogen-bond acceptors (Lipinski definition) is 3. The average Bonchev–Trinajstić information content (AvgIpc) is 3.14. The monoisotopic (exact) mass is 242 g/mol. The average molecular weight is 242 g/mol. The Labute approximate surface area is 102 Å². The first-order valence-electron chi connectivity index (χ1n) is 6.56. The van der Waals surface area contributed by atoms with Gasteiger partial charge < -0.3 is 20.5 Å². The zero-order valence-electron chi connectivity index (χ0n) is 10.2. The molecule has 17 heavy (non-hydrogen) atoms. The van der Waals surface area contributed by atoms with E-state index in [1.807, 2.05) is 0 Å². The molecule has 2 fully saturated rings. The van der Waals surface area contributed by atoms with Gasteiger partial charge in [-0.3, -0.25) is 0 Å². The molecule has 1 saturated carbocycles. The first-order valence-corrected chi connectivity index (χ1v) is 6.56. The third-order valence-corrected chi connectivity index (χ3v) is 3.45. The fourth-order valence-corrected chi connectivity index (χ4v) is 2.13. The van der Waals surface area contributed by atoms with Gasteiger partial charge in [-0.25, -0.2) is 4.79 Å². The first kappa shape index (κ1) is 12.6. The lowest BCUT2D eigenvalue weighted by Crippen LogP contribution is -2.45. The van der Waals surface area contributed by atoms with Crippen LogP contribution in [-0.2, 0) is 4.74 Å². The largest absolute Gasteiger partial charge is 0.393 e. The Morgan fingerprint density at radius 2 is 2.00 bits per heavy atom. The molecule has 0 aromatic rings. The Kier molecular flexibility index (Phi) is 4.62. The highest BCUT2D eigenvalue weighted by atomic mass is 16.5. The van der Waals surface area contributed by atoms with Gasteiger partial charge in [0.25, 0.3) is 0 Å². The van der Waals surface area contributed by atoms with Gasteiger partial charge in [-0.1, -0.05) is 0 Å². The second-order valence-electron chi connectivity index (χ2n) is 4.98. The van der Waals surface area contributed by atoms with Crippen LogP contribution in [-0.4, -0.2) is 43.0 Å². The van der Waals surface area contributed by atoms with Gasteiger partial charge in [-0.05, 0) is 38.0 Å². The number of aliphatic hydroxyl groups excluding tert-OH is 1. The van der Waals surface area contributed by atoms with Gasteiger partial charge in [0.1, 0.15) is 0 Å². The Balaban J connectivity index is 1.53. The minimum atomic E-state index is -0.238. The van der Waals surface area contributed by atoms with Crippen LogP contribution in [0.3, 0.4) is 0 Å². The molecule has 0 unspecified atom stereocenters. The Bertz CT molecular complexity index is 250. The topological polar surface area (TPSA) is 70.6 Å². The summed E-state index contributed by atoms with van der Waals surface area (Å²) < 4.78 is 5.22. The Morgan fingerprint density at radius 3 is 2.65 bits per heavy atom. The van der Waals surface area contributed by atoms with Crippen molar-refractivity contribution in [2.75, 3.05) is 19.8 Å². The number of urea groups is 1. The van der Waals surface area contributed by atoms with Crippen molar-refractivity contribution in [2.45, 2.75) is 44.2 Å². The molecule has 0 spiro atoms. The summed E-state index contributed by atoms with van der Waals surface area (Å²) in [6, 6.07) is 0.108. The first-order chi connectivity index (χ1) is 8.25. The molecule has 1 aliphatic carbocycles. The molecule has 1 aliphatic heterocycles. The standard InChI is InChI=1S/C12H22N2O3/c15-11(9-1-2-9)3-6-13-12(16)14-10-4-7-17-8-5-10/h9-11,15H,1-8H2,(H2,13,14,16)/t11-/m1/s1. The quantitative estimate of drug-likeness (QED) is 0.662. The van der Waals surface area contributed by atoms with E-state index in [2.05, 4.69) is 10.6 Å². The van der Waals surface area contributed by atoms with E-state index in [0.717, 1.165) is 38.9 Å². The molecule has 1 atom stereocenters.